The van der Waals surface area contributed by atoms with E-state index in [-0.39, 0.29) is 18.1 Å². The van der Waals surface area contributed by atoms with Gasteiger partial charge in [-0.3, -0.25) is 24.6 Å². The lowest BCUT2D eigenvalue weighted by Gasteiger charge is -2.16. The van der Waals surface area contributed by atoms with Crippen molar-refractivity contribution in [3.63, 3.8) is 0 Å². The number of nitro benzene ring substituents is 1. The zero-order valence-electron chi connectivity index (χ0n) is 14.5. The van der Waals surface area contributed by atoms with Crippen LogP contribution in [-0.2, 0) is 4.79 Å². The Hall–Kier alpha value is -4.07. The number of amides is 2. The normalized spacial score (nSPS) is 12.7. The Morgan fingerprint density at radius 2 is 1.89 bits per heavy atom. The third-order valence-electron chi connectivity index (χ3n) is 4.43. The fourth-order valence-corrected chi connectivity index (χ4v) is 3.21. The van der Waals surface area contributed by atoms with E-state index in [1.165, 1.54) is 29.3 Å². The third-order valence-corrected chi connectivity index (χ3v) is 4.43. The lowest BCUT2D eigenvalue weighted by atomic mass is 10.1. The Bertz CT molecular complexity index is 1150. The lowest BCUT2D eigenvalue weighted by Crippen LogP contribution is -2.37. The molecule has 0 saturated carbocycles. The smallest absolute Gasteiger partial charge is 0.270 e. The third kappa shape index (κ3) is 3.07. The first-order valence-electron chi connectivity index (χ1n) is 8.44. The highest BCUT2D eigenvalue weighted by molar-refractivity contribution is 6.26. The van der Waals surface area contributed by atoms with Gasteiger partial charge in [0.2, 0.25) is 0 Å². The number of benzene rings is 3. The van der Waals surface area contributed by atoms with Crippen molar-refractivity contribution in [3.05, 3.63) is 81.9 Å². The maximum absolute atomic E-state index is 12.7. The Morgan fingerprint density at radius 1 is 1.14 bits per heavy atom. The molecule has 1 heterocycles. The summed E-state index contributed by atoms with van der Waals surface area (Å²) in [5.41, 5.74) is 4.02. The van der Waals surface area contributed by atoms with Gasteiger partial charge >= 0.3 is 0 Å². The van der Waals surface area contributed by atoms with Crippen LogP contribution in [0.5, 0.6) is 0 Å². The number of nitrogens with zero attached hydrogens (tertiary/aromatic N) is 3. The lowest BCUT2D eigenvalue weighted by molar-refractivity contribution is -0.384. The van der Waals surface area contributed by atoms with Crippen LogP contribution >= 0.6 is 0 Å². The van der Waals surface area contributed by atoms with Gasteiger partial charge in [0.25, 0.3) is 17.5 Å². The van der Waals surface area contributed by atoms with E-state index in [4.69, 9.17) is 0 Å². The average molecular weight is 374 g/mol. The predicted molar refractivity (Wildman–Crippen MR) is 104 cm³/mol. The maximum Gasteiger partial charge on any atom is 0.270 e. The number of carbonyl (C=O) groups excluding carboxylic acids is 2. The van der Waals surface area contributed by atoms with Crippen molar-refractivity contribution < 1.29 is 14.5 Å². The maximum atomic E-state index is 12.7. The quantitative estimate of drug-likeness (QED) is 0.421. The first-order chi connectivity index (χ1) is 13.5. The monoisotopic (exact) mass is 374 g/mol. The highest BCUT2D eigenvalue weighted by atomic mass is 16.6. The number of non-ortho nitro benzene ring substituents is 1. The molecule has 0 spiro atoms. The SMILES string of the molecule is O=C(CN1C(=O)c2cccc3cccc1c23)N/N=C/c1cccc([N+](=O)[O-])c1. The molecule has 2 amide bonds. The van der Waals surface area contributed by atoms with E-state index in [0.717, 1.165) is 10.8 Å². The molecule has 8 heteroatoms. The average Bonchev–Trinajstić information content (AvgIpc) is 2.96. The molecule has 3 aromatic rings. The molecule has 0 bridgehead atoms. The van der Waals surface area contributed by atoms with Crippen LogP contribution in [0.4, 0.5) is 11.4 Å². The Balaban J connectivity index is 1.47. The van der Waals surface area contributed by atoms with Crippen LogP contribution in [0.15, 0.2) is 65.8 Å². The predicted octanol–water partition coefficient (Wildman–Crippen LogP) is 2.86. The van der Waals surface area contributed by atoms with Crippen molar-refractivity contribution in [1.82, 2.24) is 5.43 Å². The first kappa shape index (κ1) is 17.3. The molecule has 1 N–H and O–H groups in total. The summed E-state index contributed by atoms with van der Waals surface area (Å²) in [5, 5.41) is 16.4. The summed E-state index contributed by atoms with van der Waals surface area (Å²) in [6.45, 7) is -0.182. The molecule has 0 unspecified atom stereocenters. The Kier molecular flexibility index (Phi) is 4.29. The molecule has 1 aliphatic rings. The molecule has 1 aliphatic heterocycles. The van der Waals surface area contributed by atoms with Gasteiger partial charge in [0.05, 0.1) is 16.8 Å². The minimum Gasteiger partial charge on any atom is -0.298 e. The van der Waals surface area contributed by atoms with Crippen molar-refractivity contribution in [2.45, 2.75) is 0 Å². The molecule has 3 aromatic carbocycles. The van der Waals surface area contributed by atoms with E-state index in [1.807, 2.05) is 24.3 Å². The van der Waals surface area contributed by atoms with Gasteiger partial charge in [-0.1, -0.05) is 36.4 Å². The summed E-state index contributed by atoms with van der Waals surface area (Å²) in [6, 6.07) is 16.9. The van der Waals surface area contributed by atoms with Crippen LogP contribution in [0.2, 0.25) is 0 Å². The molecule has 0 fully saturated rings. The summed E-state index contributed by atoms with van der Waals surface area (Å²) in [7, 11) is 0. The van der Waals surface area contributed by atoms with Gasteiger partial charge in [-0.15, -0.1) is 0 Å². The number of anilines is 1. The van der Waals surface area contributed by atoms with E-state index >= 15 is 0 Å². The minimum atomic E-state index is -0.507. The van der Waals surface area contributed by atoms with E-state index in [9.17, 15) is 19.7 Å². The fourth-order valence-electron chi connectivity index (χ4n) is 3.21. The van der Waals surface area contributed by atoms with Crippen molar-refractivity contribution in [2.24, 2.45) is 5.10 Å². The van der Waals surface area contributed by atoms with Gasteiger partial charge in [-0.2, -0.15) is 5.10 Å². The van der Waals surface area contributed by atoms with Crippen molar-refractivity contribution in [2.75, 3.05) is 11.4 Å². The molecule has 8 nitrogen and oxygen atoms in total. The number of hydrogen-bond acceptors (Lipinski definition) is 5. The Labute approximate surface area is 159 Å². The second kappa shape index (κ2) is 6.92. The topological polar surface area (TPSA) is 105 Å². The Morgan fingerprint density at radius 3 is 2.68 bits per heavy atom. The van der Waals surface area contributed by atoms with Crippen molar-refractivity contribution >= 4 is 40.2 Å². The molecule has 0 atom stereocenters. The summed E-state index contributed by atoms with van der Waals surface area (Å²) >= 11 is 0. The van der Waals surface area contributed by atoms with Gasteiger partial charge in [0.1, 0.15) is 6.54 Å². The first-order valence-corrected chi connectivity index (χ1v) is 8.44. The zero-order valence-corrected chi connectivity index (χ0v) is 14.5. The van der Waals surface area contributed by atoms with Gasteiger partial charge in [-0.25, -0.2) is 5.43 Å². The number of nitrogens with one attached hydrogen (secondary N) is 1. The van der Waals surface area contributed by atoms with Crippen molar-refractivity contribution in [3.8, 4) is 0 Å². The van der Waals surface area contributed by atoms with Gasteiger partial charge in [0.15, 0.2) is 0 Å². The number of hydrogen-bond donors (Lipinski definition) is 1. The van der Waals surface area contributed by atoms with Crippen LogP contribution in [-0.4, -0.2) is 29.5 Å². The summed E-state index contributed by atoms with van der Waals surface area (Å²) in [6.07, 6.45) is 1.31. The minimum absolute atomic E-state index is 0.0659. The molecule has 0 saturated heterocycles. The van der Waals surface area contributed by atoms with Crippen LogP contribution < -0.4 is 10.3 Å². The van der Waals surface area contributed by atoms with Crippen LogP contribution in [0.1, 0.15) is 15.9 Å². The highest BCUT2D eigenvalue weighted by Gasteiger charge is 2.30. The number of nitro groups is 1. The second-order valence-corrected chi connectivity index (χ2v) is 6.22. The van der Waals surface area contributed by atoms with Crippen molar-refractivity contribution in [1.29, 1.82) is 0 Å². The summed E-state index contributed by atoms with van der Waals surface area (Å²) in [5.74, 6) is -0.704. The van der Waals surface area contributed by atoms with Gasteiger partial charge in [-0.05, 0) is 17.5 Å². The van der Waals surface area contributed by atoms with E-state index in [2.05, 4.69) is 10.5 Å². The standard InChI is InChI=1S/C20H14N4O4/c25-18(22-21-11-13-4-1-7-15(10-13)24(27)28)12-23-17-9-3-6-14-5-2-8-16(19(14)17)20(23)26/h1-11H,12H2,(H,22,25)/b21-11+. The molecule has 0 aliphatic carbocycles. The van der Waals surface area contributed by atoms with Gasteiger partial charge < -0.3 is 0 Å². The number of carbonyl (C=O) groups is 2. The van der Waals surface area contributed by atoms with Crippen LogP contribution in [0, 0.1) is 10.1 Å². The van der Waals surface area contributed by atoms with E-state index < -0.39 is 10.8 Å². The molecule has 138 valence electrons. The largest absolute Gasteiger partial charge is 0.298 e. The zero-order chi connectivity index (χ0) is 19.7. The number of rotatable bonds is 5. The molecular weight excluding hydrogens is 360 g/mol. The summed E-state index contributed by atoms with van der Waals surface area (Å²) in [4.78, 5) is 36.6. The molecule has 0 radical (unpaired) electrons. The highest BCUT2D eigenvalue weighted by Crippen LogP contribution is 2.36. The number of hydrazone groups is 1. The fraction of sp³-hybridized carbons (Fsp3) is 0.0500. The summed E-state index contributed by atoms with van der Waals surface area (Å²) < 4.78 is 0. The van der Waals surface area contributed by atoms with Crippen LogP contribution in [0.25, 0.3) is 10.8 Å². The van der Waals surface area contributed by atoms with Crippen LogP contribution in [0.3, 0.4) is 0 Å². The molecule has 4 rings (SSSR count). The molecule has 0 aromatic heterocycles. The molecular formula is C20H14N4O4. The van der Waals surface area contributed by atoms with E-state index in [1.54, 1.807) is 18.2 Å². The van der Waals surface area contributed by atoms with Gasteiger partial charge in [0, 0.05) is 28.6 Å². The molecule has 28 heavy (non-hydrogen) atoms. The van der Waals surface area contributed by atoms with E-state index in [0.29, 0.717) is 16.8 Å². The second-order valence-electron chi connectivity index (χ2n) is 6.22.